The summed E-state index contributed by atoms with van der Waals surface area (Å²) in [6.07, 6.45) is 0. The van der Waals surface area contributed by atoms with E-state index in [1.807, 2.05) is 30.3 Å². The lowest BCUT2D eigenvalue weighted by molar-refractivity contribution is 0.101. The molecule has 1 fully saturated rings. The van der Waals surface area contributed by atoms with Crippen LogP contribution in [-0.4, -0.2) is 21.2 Å². The fraction of sp³-hybridized carbons (Fsp3) is 0.200. The number of rotatable bonds is 2. The molecule has 1 atom stereocenters. The van der Waals surface area contributed by atoms with E-state index in [4.69, 9.17) is 5.84 Å². The highest BCUT2D eigenvalue weighted by Crippen LogP contribution is 2.36. The Morgan fingerprint density at radius 2 is 2.13 bits per heavy atom. The molecule has 0 aliphatic carbocycles. The number of hydrazone groups is 1. The van der Waals surface area contributed by atoms with Gasteiger partial charge in [0.25, 0.3) is 0 Å². The second kappa shape index (κ2) is 4.72. The number of Topliss-reactive ketones (excluding diaryl/α,β-unsaturated/α-hetero) is 1. The predicted molar refractivity (Wildman–Crippen MR) is 66.2 cm³/mol. The van der Waals surface area contributed by atoms with Gasteiger partial charge in [-0.3, -0.25) is 4.79 Å². The van der Waals surface area contributed by atoms with Gasteiger partial charge in [0.15, 0.2) is 5.78 Å². The fourth-order valence-corrected chi connectivity index (χ4v) is 3.77. The summed E-state index contributed by atoms with van der Waals surface area (Å²) in [7, 11) is 0. The molecule has 1 saturated heterocycles. The Kier molecular flexibility index (Phi) is 3.33. The number of carbonyl (C=O) groups excluding carboxylic acids is 1. The van der Waals surface area contributed by atoms with E-state index in [-0.39, 0.29) is 10.4 Å². The fourth-order valence-electron chi connectivity index (χ4n) is 1.27. The van der Waals surface area contributed by atoms with Gasteiger partial charge in [-0.15, -0.1) is 11.8 Å². The van der Waals surface area contributed by atoms with Crippen molar-refractivity contribution in [3.8, 4) is 0 Å². The second-order valence-electron chi connectivity index (χ2n) is 3.01. The Morgan fingerprint density at radius 3 is 2.73 bits per heavy atom. The van der Waals surface area contributed by atoms with E-state index in [0.29, 0.717) is 0 Å². The number of thioether (sulfide) groups is 2. The first-order valence-corrected chi connectivity index (χ1v) is 6.38. The van der Waals surface area contributed by atoms with Gasteiger partial charge in [0.1, 0.15) is 9.63 Å². The third kappa shape index (κ3) is 2.35. The van der Waals surface area contributed by atoms with Crippen LogP contribution in [-0.2, 0) is 0 Å². The average molecular weight is 238 g/mol. The second-order valence-corrected chi connectivity index (χ2v) is 5.58. The molecule has 0 amide bonds. The highest BCUT2D eigenvalue weighted by molar-refractivity contribution is 8.30. The molecule has 1 aliphatic rings. The van der Waals surface area contributed by atoms with Crippen molar-refractivity contribution in [3.63, 3.8) is 0 Å². The monoisotopic (exact) mass is 238 g/mol. The molecule has 0 aromatic heterocycles. The Labute approximate surface area is 96.5 Å². The van der Waals surface area contributed by atoms with Crippen molar-refractivity contribution in [1.29, 1.82) is 0 Å². The lowest BCUT2D eigenvalue weighted by atomic mass is 10.1. The van der Waals surface area contributed by atoms with Gasteiger partial charge in [-0.25, -0.2) is 0 Å². The molecule has 1 aliphatic heterocycles. The van der Waals surface area contributed by atoms with Crippen molar-refractivity contribution in [2.75, 3.05) is 5.75 Å². The van der Waals surface area contributed by atoms with Crippen molar-refractivity contribution in [1.82, 2.24) is 0 Å². The molecule has 0 spiro atoms. The van der Waals surface area contributed by atoms with Gasteiger partial charge in [-0.05, 0) is 0 Å². The number of nitrogens with two attached hydrogens (primary N) is 1. The Morgan fingerprint density at radius 1 is 1.40 bits per heavy atom. The SMILES string of the molecule is NN=C1CSC(C(=O)c2ccccc2)S1. The maximum atomic E-state index is 12.0. The van der Waals surface area contributed by atoms with Crippen LogP contribution in [0.1, 0.15) is 10.4 Å². The van der Waals surface area contributed by atoms with Gasteiger partial charge in [-0.1, -0.05) is 42.1 Å². The first-order chi connectivity index (χ1) is 7.31. The highest BCUT2D eigenvalue weighted by atomic mass is 32.2. The third-order valence-electron chi connectivity index (χ3n) is 2.02. The van der Waals surface area contributed by atoms with Gasteiger partial charge < -0.3 is 5.84 Å². The quantitative estimate of drug-likeness (QED) is 0.486. The van der Waals surface area contributed by atoms with E-state index in [1.54, 1.807) is 11.8 Å². The third-order valence-corrected chi connectivity index (χ3v) is 4.80. The molecular formula is C10H10N2OS2. The summed E-state index contributed by atoms with van der Waals surface area (Å²) in [4.78, 5) is 12.0. The molecule has 3 nitrogen and oxygen atoms in total. The standard InChI is InChI=1S/C10H10N2OS2/c11-12-8-6-14-10(15-8)9(13)7-4-2-1-3-5-7/h1-5,10H,6,11H2. The van der Waals surface area contributed by atoms with Crippen LogP contribution in [0.15, 0.2) is 35.4 Å². The van der Waals surface area contributed by atoms with Gasteiger partial charge >= 0.3 is 0 Å². The van der Waals surface area contributed by atoms with Gasteiger partial charge in [-0.2, -0.15) is 5.10 Å². The number of benzene rings is 1. The molecule has 0 saturated carbocycles. The van der Waals surface area contributed by atoms with Crippen LogP contribution in [0.5, 0.6) is 0 Å². The maximum Gasteiger partial charge on any atom is 0.186 e. The summed E-state index contributed by atoms with van der Waals surface area (Å²) in [5.41, 5.74) is 0.751. The summed E-state index contributed by atoms with van der Waals surface area (Å²) < 4.78 is -0.0882. The largest absolute Gasteiger partial charge is 0.322 e. The molecule has 2 rings (SSSR count). The summed E-state index contributed by atoms with van der Waals surface area (Å²) in [5, 5.41) is 4.46. The van der Waals surface area contributed by atoms with Crippen LogP contribution in [0.2, 0.25) is 0 Å². The normalized spacial score (nSPS) is 23.2. The molecule has 78 valence electrons. The zero-order chi connectivity index (χ0) is 10.7. The Balaban J connectivity index is 2.10. The van der Waals surface area contributed by atoms with Crippen molar-refractivity contribution in [2.24, 2.45) is 10.9 Å². The van der Waals surface area contributed by atoms with Gasteiger partial charge in [0, 0.05) is 11.3 Å². The zero-order valence-corrected chi connectivity index (χ0v) is 9.55. The highest BCUT2D eigenvalue weighted by Gasteiger charge is 2.29. The van der Waals surface area contributed by atoms with Crippen LogP contribution >= 0.6 is 23.5 Å². The van der Waals surface area contributed by atoms with Crippen molar-refractivity contribution in [3.05, 3.63) is 35.9 Å². The first kappa shape index (κ1) is 10.6. The molecule has 1 heterocycles. The van der Waals surface area contributed by atoms with E-state index >= 15 is 0 Å². The molecule has 5 heteroatoms. The lowest BCUT2D eigenvalue weighted by Gasteiger charge is -2.05. The predicted octanol–water partition coefficient (Wildman–Crippen LogP) is 1.95. The van der Waals surface area contributed by atoms with E-state index in [1.165, 1.54) is 11.8 Å². The zero-order valence-electron chi connectivity index (χ0n) is 7.92. The minimum Gasteiger partial charge on any atom is -0.322 e. The van der Waals surface area contributed by atoms with Crippen LogP contribution in [0.25, 0.3) is 0 Å². The van der Waals surface area contributed by atoms with Crippen molar-refractivity contribution in [2.45, 2.75) is 4.58 Å². The maximum absolute atomic E-state index is 12.0. The molecule has 2 N–H and O–H groups in total. The van der Waals surface area contributed by atoms with E-state index in [9.17, 15) is 4.79 Å². The van der Waals surface area contributed by atoms with Crippen LogP contribution < -0.4 is 5.84 Å². The molecule has 1 aromatic carbocycles. The molecular weight excluding hydrogens is 228 g/mol. The first-order valence-electron chi connectivity index (χ1n) is 4.45. The van der Waals surface area contributed by atoms with Crippen molar-refractivity contribution >= 4 is 34.4 Å². The summed E-state index contributed by atoms with van der Waals surface area (Å²) in [6.45, 7) is 0. The number of hydrogen-bond donors (Lipinski definition) is 1. The molecule has 15 heavy (non-hydrogen) atoms. The summed E-state index contributed by atoms with van der Waals surface area (Å²) >= 11 is 3.03. The lowest BCUT2D eigenvalue weighted by Crippen LogP contribution is -2.11. The minimum absolute atomic E-state index is 0.0882. The Hall–Kier alpha value is -0.940. The van der Waals surface area contributed by atoms with E-state index < -0.39 is 0 Å². The summed E-state index contributed by atoms with van der Waals surface area (Å²) in [6, 6.07) is 9.31. The number of nitrogens with zero attached hydrogens (tertiary/aromatic N) is 1. The van der Waals surface area contributed by atoms with Crippen LogP contribution in [0.4, 0.5) is 0 Å². The average Bonchev–Trinajstić information content (AvgIpc) is 2.78. The smallest absolute Gasteiger partial charge is 0.186 e. The number of ketones is 1. The summed E-state index contributed by atoms with van der Waals surface area (Å²) in [5.74, 6) is 6.06. The van der Waals surface area contributed by atoms with E-state index in [0.717, 1.165) is 16.4 Å². The van der Waals surface area contributed by atoms with Crippen LogP contribution in [0.3, 0.4) is 0 Å². The topological polar surface area (TPSA) is 55.4 Å². The van der Waals surface area contributed by atoms with Crippen molar-refractivity contribution < 1.29 is 4.79 Å². The van der Waals surface area contributed by atoms with Gasteiger partial charge in [0.05, 0.1) is 0 Å². The number of hydrogen-bond acceptors (Lipinski definition) is 5. The number of carbonyl (C=O) groups is 1. The van der Waals surface area contributed by atoms with Gasteiger partial charge in [0.2, 0.25) is 0 Å². The molecule has 0 bridgehead atoms. The minimum atomic E-state index is -0.0882. The van der Waals surface area contributed by atoms with E-state index in [2.05, 4.69) is 5.10 Å². The molecule has 1 aromatic rings. The Bertz CT molecular complexity index is 392. The molecule has 0 radical (unpaired) electrons. The van der Waals surface area contributed by atoms with Crippen LogP contribution in [0, 0.1) is 0 Å². The molecule has 1 unspecified atom stereocenters.